The Morgan fingerprint density at radius 3 is 1.83 bits per heavy atom. The first-order valence-corrected chi connectivity index (χ1v) is 23.3. The molecule has 0 amide bonds. The van der Waals surface area contributed by atoms with Crippen molar-refractivity contribution in [1.82, 2.24) is 4.57 Å². The first kappa shape index (κ1) is 37.0. The van der Waals surface area contributed by atoms with Gasteiger partial charge in [-0.3, -0.25) is 0 Å². The maximum atomic E-state index is 6.79. The number of nitrogens with zero attached hydrogens (tertiary/aromatic N) is 2. The van der Waals surface area contributed by atoms with Gasteiger partial charge in [0.2, 0.25) is 0 Å². The van der Waals surface area contributed by atoms with Gasteiger partial charge in [-0.15, -0.1) is 11.3 Å². The molecule has 14 aromatic rings. The zero-order valence-corrected chi connectivity index (χ0v) is 36.5. The summed E-state index contributed by atoms with van der Waals surface area (Å²) in [6.07, 6.45) is 0. The van der Waals surface area contributed by atoms with Crippen molar-refractivity contribution in [2.45, 2.75) is 0 Å². The molecule has 3 heterocycles. The Balaban J connectivity index is 1.11. The lowest BCUT2D eigenvalue weighted by Gasteiger charge is -2.31. The summed E-state index contributed by atoms with van der Waals surface area (Å²) in [5.41, 5.74) is 13.0. The molecule has 0 aliphatic rings. The summed E-state index contributed by atoms with van der Waals surface area (Å²) in [4.78, 5) is 2.54. The van der Waals surface area contributed by atoms with Crippen LogP contribution in [-0.4, -0.2) is 4.57 Å². The molecule has 66 heavy (non-hydrogen) atoms. The van der Waals surface area contributed by atoms with Crippen molar-refractivity contribution in [3.8, 4) is 27.9 Å². The van der Waals surface area contributed by atoms with Gasteiger partial charge in [0.05, 0.1) is 28.1 Å². The lowest BCUT2D eigenvalue weighted by molar-refractivity contribution is 0.670. The van der Waals surface area contributed by atoms with Gasteiger partial charge >= 0.3 is 0 Å². The van der Waals surface area contributed by atoms with E-state index in [4.69, 9.17) is 4.42 Å². The Kier molecular flexibility index (Phi) is 8.15. The van der Waals surface area contributed by atoms with E-state index < -0.39 is 0 Å². The lowest BCUT2D eigenvalue weighted by Crippen LogP contribution is -2.13. The third-order valence-corrected chi connectivity index (χ3v) is 14.8. The number of furan rings is 1. The molecule has 0 atom stereocenters. The topological polar surface area (TPSA) is 21.3 Å². The predicted octanol–water partition coefficient (Wildman–Crippen LogP) is 18.2. The zero-order chi connectivity index (χ0) is 43.3. The second-order valence-corrected chi connectivity index (χ2v) is 18.2. The third kappa shape index (κ3) is 5.49. The number of fused-ring (bicyclic) bond motifs is 12. The van der Waals surface area contributed by atoms with Gasteiger partial charge < -0.3 is 13.9 Å². The molecule has 0 unspecified atom stereocenters. The number of para-hydroxylation sites is 5. The van der Waals surface area contributed by atoms with Crippen molar-refractivity contribution in [3.63, 3.8) is 0 Å². The van der Waals surface area contributed by atoms with Crippen LogP contribution >= 0.6 is 11.3 Å². The van der Waals surface area contributed by atoms with Crippen LogP contribution in [0.5, 0.6) is 0 Å². The van der Waals surface area contributed by atoms with Crippen molar-refractivity contribution < 1.29 is 4.42 Å². The summed E-state index contributed by atoms with van der Waals surface area (Å²) < 4.78 is 11.7. The monoisotopic (exact) mass is 858 g/mol. The van der Waals surface area contributed by atoms with E-state index >= 15 is 0 Å². The van der Waals surface area contributed by atoms with Crippen LogP contribution in [0.2, 0.25) is 0 Å². The number of benzene rings is 11. The molecule has 0 saturated carbocycles. The highest BCUT2D eigenvalue weighted by Gasteiger charge is 2.27. The third-order valence-electron chi connectivity index (χ3n) is 13.6. The summed E-state index contributed by atoms with van der Waals surface area (Å²) in [6, 6.07) is 84.2. The number of rotatable bonds is 6. The fraction of sp³-hybridized carbons (Fsp3) is 0. The van der Waals surface area contributed by atoms with E-state index in [0.717, 1.165) is 61.4 Å². The highest BCUT2D eigenvalue weighted by Crippen LogP contribution is 2.53. The Bertz CT molecular complexity index is 4210. The van der Waals surface area contributed by atoms with E-state index in [2.05, 4.69) is 234 Å². The number of anilines is 3. The SMILES string of the molecule is c1cc(-c2c(N(c3ccccc3-c3cccc4c3oc3ccccc34)c3cc4ccccc4c4ccccc34)ccc3c2sc2ccccc23)cc(-n2c3ccccc3c3ccccc32)c1. The zero-order valence-electron chi connectivity index (χ0n) is 35.7. The van der Waals surface area contributed by atoms with Gasteiger partial charge in [-0.2, -0.15) is 0 Å². The number of hydrogen-bond donors (Lipinski definition) is 0. The number of aromatic nitrogens is 1. The van der Waals surface area contributed by atoms with Crippen molar-refractivity contribution >= 4 is 114 Å². The second kappa shape index (κ2) is 14.5. The van der Waals surface area contributed by atoms with E-state index in [9.17, 15) is 0 Å². The van der Waals surface area contributed by atoms with E-state index in [0.29, 0.717) is 0 Å². The van der Waals surface area contributed by atoms with E-state index in [1.807, 2.05) is 17.4 Å². The van der Waals surface area contributed by atoms with Gasteiger partial charge in [-0.25, -0.2) is 0 Å². The van der Waals surface area contributed by atoms with Gasteiger partial charge in [0.15, 0.2) is 0 Å². The van der Waals surface area contributed by atoms with Crippen LogP contribution in [0.3, 0.4) is 0 Å². The summed E-state index contributed by atoms with van der Waals surface area (Å²) in [5.74, 6) is 0. The first-order valence-electron chi connectivity index (χ1n) is 22.5. The Hall–Kier alpha value is -8.44. The molecule has 0 aliphatic carbocycles. The molecule has 0 N–H and O–H groups in total. The normalized spacial score (nSPS) is 11.9. The largest absolute Gasteiger partial charge is 0.455 e. The smallest absolute Gasteiger partial charge is 0.143 e. The summed E-state index contributed by atoms with van der Waals surface area (Å²) in [5, 5.41) is 12.0. The minimum atomic E-state index is 0.883. The molecule has 14 rings (SSSR count). The standard InChI is InChI=1S/C62H38N2OS/c1-2-20-42-39(17-1)38-57(44-22-4-3-21-43(42)44)64(55-32-12-7-25-47(55)50-28-16-29-51-48-26-8-13-33-58(48)65-61(50)51)56-36-35-52-49-27-9-14-34-59(49)66-62(52)60(56)40-18-15-19-41(37-40)63-53-30-10-5-23-45(53)46-24-6-11-31-54(46)63/h1-38H. The van der Waals surface area contributed by atoms with Crippen LogP contribution in [0.4, 0.5) is 17.1 Å². The Morgan fingerprint density at radius 2 is 1.00 bits per heavy atom. The highest BCUT2D eigenvalue weighted by molar-refractivity contribution is 7.26. The van der Waals surface area contributed by atoms with Crippen LogP contribution in [0.1, 0.15) is 0 Å². The van der Waals surface area contributed by atoms with Crippen LogP contribution in [0.15, 0.2) is 235 Å². The minimum Gasteiger partial charge on any atom is -0.455 e. The Morgan fingerprint density at radius 1 is 0.379 bits per heavy atom. The molecule has 0 aliphatic heterocycles. The van der Waals surface area contributed by atoms with Gasteiger partial charge in [-0.05, 0) is 76.3 Å². The average Bonchev–Trinajstić information content (AvgIpc) is 4.06. The molecular weight excluding hydrogens is 821 g/mol. The molecule has 0 bridgehead atoms. The predicted molar refractivity (Wildman–Crippen MR) is 282 cm³/mol. The quantitative estimate of drug-likeness (QED) is 0.155. The molecule has 0 radical (unpaired) electrons. The fourth-order valence-corrected chi connectivity index (χ4v) is 12.0. The summed E-state index contributed by atoms with van der Waals surface area (Å²) in [6.45, 7) is 0. The van der Waals surface area contributed by atoms with Crippen LogP contribution in [0, 0.1) is 0 Å². The highest BCUT2D eigenvalue weighted by atomic mass is 32.1. The molecule has 0 fully saturated rings. The molecule has 3 nitrogen and oxygen atoms in total. The molecule has 4 heteroatoms. The van der Waals surface area contributed by atoms with Crippen molar-refractivity contribution in [1.29, 1.82) is 0 Å². The molecule has 11 aromatic carbocycles. The van der Waals surface area contributed by atoms with Gasteiger partial charge in [-0.1, -0.05) is 176 Å². The summed E-state index contributed by atoms with van der Waals surface area (Å²) >= 11 is 1.88. The number of thiophene rings is 1. The molecule has 0 spiro atoms. The van der Waals surface area contributed by atoms with Gasteiger partial charge in [0.25, 0.3) is 0 Å². The second-order valence-electron chi connectivity index (χ2n) is 17.2. The lowest BCUT2D eigenvalue weighted by atomic mass is 9.94. The maximum absolute atomic E-state index is 6.79. The van der Waals surface area contributed by atoms with Crippen LogP contribution < -0.4 is 4.90 Å². The molecule has 308 valence electrons. The molecule has 0 saturated heterocycles. The van der Waals surface area contributed by atoms with Crippen LogP contribution in [0.25, 0.3) is 113 Å². The summed E-state index contributed by atoms with van der Waals surface area (Å²) in [7, 11) is 0. The van der Waals surface area contributed by atoms with Crippen LogP contribution in [-0.2, 0) is 0 Å². The minimum absolute atomic E-state index is 0.883. The van der Waals surface area contributed by atoms with Gasteiger partial charge in [0.1, 0.15) is 11.2 Å². The number of hydrogen-bond acceptors (Lipinski definition) is 3. The molecule has 3 aromatic heterocycles. The van der Waals surface area contributed by atoms with Crippen molar-refractivity contribution in [2.75, 3.05) is 4.90 Å². The molecular formula is C62H38N2OS. The van der Waals surface area contributed by atoms with E-state index in [1.165, 1.54) is 69.1 Å². The van der Waals surface area contributed by atoms with E-state index in [1.54, 1.807) is 0 Å². The van der Waals surface area contributed by atoms with E-state index in [-0.39, 0.29) is 0 Å². The fourth-order valence-electron chi connectivity index (χ4n) is 10.7. The average molecular weight is 859 g/mol. The Labute approximate surface area is 384 Å². The van der Waals surface area contributed by atoms with Gasteiger partial charge in [0, 0.05) is 69.5 Å². The maximum Gasteiger partial charge on any atom is 0.143 e. The van der Waals surface area contributed by atoms with Crippen molar-refractivity contribution in [2.24, 2.45) is 0 Å². The van der Waals surface area contributed by atoms with Crippen molar-refractivity contribution in [3.05, 3.63) is 231 Å². The first-order chi connectivity index (χ1) is 32.8.